The van der Waals surface area contributed by atoms with Crippen LogP contribution in [0.5, 0.6) is 0 Å². The fourth-order valence-electron chi connectivity index (χ4n) is 3.23. The first-order valence-corrected chi connectivity index (χ1v) is 11.6. The van der Waals surface area contributed by atoms with Gasteiger partial charge in [0.05, 0.1) is 9.75 Å². The summed E-state index contributed by atoms with van der Waals surface area (Å²) in [7, 11) is 0. The van der Waals surface area contributed by atoms with Crippen LogP contribution in [0.4, 0.5) is 0 Å². The number of aryl methyl sites for hydroxylation is 2. The van der Waals surface area contributed by atoms with Crippen LogP contribution in [-0.2, 0) is 12.8 Å². The van der Waals surface area contributed by atoms with Crippen molar-refractivity contribution in [1.82, 2.24) is 0 Å². The molecule has 2 heteroatoms. The number of hydrogen-bond donors (Lipinski definition) is 0. The molecule has 0 N–H and O–H groups in total. The van der Waals surface area contributed by atoms with Gasteiger partial charge in [-0.15, -0.1) is 35.5 Å². The zero-order valence-electron chi connectivity index (χ0n) is 16.2. The summed E-state index contributed by atoms with van der Waals surface area (Å²) in [6, 6.07) is 4.54. The van der Waals surface area contributed by atoms with Gasteiger partial charge in [-0.2, -0.15) is 0 Å². The summed E-state index contributed by atoms with van der Waals surface area (Å²) in [5.74, 6) is 5.74. The van der Waals surface area contributed by atoms with Crippen molar-refractivity contribution in [2.45, 2.75) is 78.1 Å². The quantitative estimate of drug-likeness (QED) is 0.276. The molecule has 0 saturated carbocycles. The molecular weight excluding hydrogens is 352 g/mol. The fourth-order valence-corrected chi connectivity index (χ4v) is 5.40. The second kappa shape index (κ2) is 11.3. The van der Waals surface area contributed by atoms with Gasteiger partial charge in [-0.25, -0.2) is 0 Å². The van der Waals surface area contributed by atoms with E-state index in [0.29, 0.717) is 0 Å². The molecule has 2 heterocycles. The highest BCUT2D eigenvalue weighted by atomic mass is 32.1. The third kappa shape index (κ3) is 5.77. The molecule has 0 spiro atoms. The van der Waals surface area contributed by atoms with Crippen LogP contribution >= 0.6 is 22.7 Å². The number of unbranched alkanes of at least 4 members (excludes halogenated alkanes) is 6. The van der Waals surface area contributed by atoms with Crippen LogP contribution < -0.4 is 0 Å². The maximum atomic E-state index is 5.79. The third-order valence-electron chi connectivity index (χ3n) is 4.71. The van der Waals surface area contributed by atoms with Crippen LogP contribution in [0.2, 0.25) is 0 Å². The van der Waals surface area contributed by atoms with Gasteiger partial charge in [0.25, 0.3) is 0 Å². The van der Waals surface area contributed by atoms with Crippen LogP contribution in [0.3, 0.4) is 0 Å². The lowest BCUT2D eigenvalue weighted by molar-refractivity contribution is 0.667. The molecule has 0 aliphatic rings. The van der Waals surface area contributed by atoms with Gasteiger partial charge in [0.1, 0.15) is 0 Å². The zero-order chi connectivity index (χ0) is 18.8. The van der Waals surface area contributed by atoms with Crippen LogP contribution in [0, 0.1) is 24.7 Å². The Labute approximate surface area is 168 Å². The number of hydrogen-bond acceptors (Lipinski definition) is 2. The summed E-state index contributed by atoms with van der Waals surface area (Å²) >= 11 is 3.51. The number of thiophene rings is 2. The van der Waals surface area contributed by atoms with E-state index >= 15 is 0 Å². The van der Waals surface area contributed by atoms with Gasteiger partial charge in [0, 0.05) is 9.75 Å². The molecule has 26 heavy (non-hydrogen) atoms. The van der Waals surface area contributed by atoms with E-state index in [1.54, 1.807) is 22.7 Å². The monoisotopic (exact) mass is 382 g/mol. The van der Waals surface area contributed by atoms with Gasteiger partial charge in [-0.1, -0.05) is 64.2 Å². The molecule has 2 rings (SSSR count). The molecular formula is C24H30S2. The average Bonchev–Trinajstić information content (AvgIpc) is 3.26. The summed E-state index contributed by atoms with van der Waals surface area (Å²) in [5, 5.41) is 0. The number of terminal acetylenes is 2. The SMILES string of the molecule is C#Cc1cc(CCCCCC)c(-c2cc(CCCCCC)c(C#C)s2)s1. The Morgan fingerprint density at radius 3 is 2.00 bits per heavy atom. The molecule has 0 aliphatic heterocycles. The molecule has 0 bridgehead atoms. The van der Waals surface area contributed by atoms with Crippen LogP contribution in [0.15, 0.2) is 12.1 Å². The van der Waals surface area contributed by atoms with Crippen molar-refractivity contribution in [3.63, 3.8) is 0 Å². The molecule has 0 atom stereocenters. The minimum atomic E-state index is 1.03. The van der Waals surface area contributed by atoms with E-state index in [-0.39, 0.29) is 0 Å². The van der Waals surface area contributed by atoms with E-state index < -0.39 is 0 Å². The highest BCUT2D eigenvalue weighted by molar-refractivity contribution is 7.22. The molecule has 138 valence electrons. The topological polar surface area (TPSA) is 0 Å². The average molecular weight is 383 g/mol. The molecule has 0 aromatic carbocycles. The first-order chi connectivity index (χ1) is 12.7. The summed E-state index contributed by atoms with van der Waals surface area (Å²) < 4.78 is 0. The Balaban J connectivity index is 2.18. The third-order valence-corrected chi connectivity index (χ3v) is 7.11. The Hall–Kier alpha value is -1.48. The number of rotatable bonds is 11. The van der Waals surface area contributed by atoms with E-state index in [1.807, 2.05) is 0 Å². The zero-order valence-corrected chi connectivity index (χ0v) is 17.8. The van der Waals surface area contributed by atoms with Gasteiger partial charge in [-0.3, -0.25) is 0 Å². The molecule has 0 fully saturated rings. The second-order valence-electron chi connectivity index (χ2n) is 6.84. The van der Waals surface area contributed by atoms with Crippen molar-refractivity contribution in [2.75, 3.05) is 0 Å². The van der Waals surface area contributed by atoms with Crippen molar-refractivity contribution in [2.24, 2.45) is 0 Å². The highest BCUT2D eigenvalue weighted by Gasteiger charge is 2.15. The molecule has 0 unspecified atom stereocenters. The van der Waals surface area contributed by atoms with Gasteiger partial charge in [-0.05, 0) is 48.9 Å². The lowest BCUT2D eigenvalue weighted by atomic mass is 10.0. The van der Waals surface area contributed by atoms with E-state index in [9.17, 15) is 0 Å². The van der Waals surface area contributed by atoms with E-state index in [2.05, 4.69) is 37.8 Å². The van der Waals surface area contributed by atoms with Gasteiger partial charge >= 0.3 is 0 Å². The first-order valence-electron chi connectivity index (χ1n) is 9.92. The van der Waals surface area contributed by atoms with Crippen LogP contribution in [-0.4, -0.2) is 0 Å². The predicted octanol–water partition coefficient (Wildman–Crippen LogP) is 7.68. The van der Waals surface area contributed by atoms with E-state index in [1.165, 1.54) is 72.2 Å². The Bertz CT molecular complexity index is 761. The van der Waals surface area contributed by atoms with Gasteiger partial charge in [0.15, 0.2) is 0 Å². The van der Waals surface area contributed by atoms with E-state index in [0.717, 1.165) is 22.6 Å². The standard InChI is InChI=1S/C24H30S2/c1-5-9-11-13-15-19-18-23(26-22(19)8-4)24-20(16-14-12-10-6-2)17-21(7-3)25-24/h3-4,17-18H,5-6,9-16H2,1-2H3. The highest BCUT2D eigenvalue weighted by Crippen LogP contribution is 2.39. The van der Waals surface area contributed by atoms with Gasteiger partial charge in [0.2, 0.25) is 0 Å². The molecule has 0 saturated heterocycles. The van der Waals surface area contributed by atoms with Crippen molar-refractivity contribution >= 4 is 22.7 Å². The largest absolute Gasteiger partial charge is 0.125 e. The maximum Gasteiger partial charge on any atom is 0.0804 e. The van der Waals surface area contributed by atoms with Crippen molar-refractivity contribution < 1.29 is 0 Å². The normalized spacial score (nSPS) is 10.6. The molecule has 0 nitrogen and oxygen atoms in total. The van der Waals surface area contributed by atoms with Crippen molar-refractivity contribution in [1.29, 1.82) is 0 Å². The molecule has 0 radical (unpaired) electrons. The molecule has 0 aliphatic carbocycles. The second-order valence-corrected chi connectivity index (χ2v) is 8.94. The molecule has 2 aromatic heterocycles. The Morgan fingerprint density at radius 2 is 1.42 bits per heavy atom. The summed E-state index contributed by atoms with van der Waals surface area (Å²) in [6.07, 6.45) is 23.9. The van der Waals surface area contributed by atoms with Crippen molar-refractivity contribution in [3.8, 4) is 34.4 Å². The molecule has 0 amide bonds. The summed E-state index contributed by atoms with van der Waals surface area (Å²) in [4.78, 5) is 4.78. The lowest BCUT2D eigenvalue weighted by Crippen LogP contribution is -1.86. The predicted molar refractivity (Wildman–Crippen MR) is 119 cm³/mol. The van der Waals surface area contributed by atoms with Gasteiger partial charge < -0.3 is 0 Å². The first kappa shape index (κ1) is 20.8. The van der Waals surface area contributed by atoms with Crippen molar-refractivity contribution in [3.05, 3.63) is 33.0 Å². The molecule has 2 aromatic rings. The minimum absolute atomic E-state index is 1.03. The minimum Gasteiger partial charge on any atom is -0.125 e. The van der Waals surface area contributed by atoms with Crippen LogP contribution in [0.1, 0.15) is 86.1 Å². The Kier molecular flexibility index (Phi) is 9.04. The lowest BCUT2D eigenvalue weighted by Gasteiger charge is -2.02. The fraction of sp³-hybridized carbons (Fsp3) is 0.500. The summed E-state index contributed by atoms with van der Waals surface area (Å²) in [5.41, 5.74) is 2.75. The maximum absolute atomic E-state index is 5.79. The summed E-state index contributed by atoms with van der Waals surface area (Å²) in [6.45, 7) is 4.50. The Morgan fingerprint density at radius 1 is 0.769 bits per heavy atom. The van der Waals surface area contributed by atoms with E-state index in [4.69, 9.17) is 12.8 Å². The smallest absolute Gasteiger partial charge is 0.0804 e. The van der Waals surface area contributed by atoms with Crippen LogP contribution in [0.25, 0.3) is 9.75 Å².